The van der Waals surface area contributed by atoms with E-state index in [1.54, 1.807) is 40.1 Å². The number of nitrogens with zero attached hydrogens (tertiary/aromatic N) is 2. The smallest absolute Gasteiger partial charge is 0.247 e. The molecular weight excluding hydrogens is 288 g/mol. The van der Waals surface area contributed by atoms with Gasteiger partial charge in [0.1, 0.15) is 0 Å². The summed E-state index contributed by atoms with van der Waals surface area (Å²) in [5.74, 6) is -0.423. The molecule has 1 aromatic carbocycles. The van der Waals surface area contributed by atoms with Crippen molar-refractivity contribution in [2.45, 2.75) is 39.0 Å². The van der Waals surface area contributed by atoms with Gasteiger partial charge in [-0.1, -0.05) is 17.7 Å². The summed E-state index contributed by atoms with van der Waals surface area (Å²) in [7, 11) is -0.657. The minimum Gasteiger partial charge on any atom is -0.348 e. The Morgan fingerprint density at radius 3 is 1.90 bits per heavy atom. The summed E-state index contributed by atoms with van der Waals surface area (Å²) >= 11 is 0. The van der Waals surface area contributed by atoms with Crippen LogP contribution in [0.25, 0.3) is 0 Å². The van der Waals surface area contributed by atoms with Crippen molar-refractivity contribution >= 4 is 21.6 Å². The summed E-state index contributed by atoms with van der Waals surface area (Å²) in [5.41, 5.74) is 1.63. The van der Waals surface area contributed by atoms with Crippen molar-refractivity contribution in [3.63, 3.8) is 0 Å². The maximum atomic E-state index is 12.8. The summed E-state index contributed by atoms with van der Waals surface area (Å²) in [4.78, 5) is 13.3. The van der Waals surface area contributed by atoms with Gasteiger partial charge in [0.05, 0.1) is 5.69 Å². The molecule has 21 heavy (non-hydrogen) atoms. The van der Waals surface area contributed by atoms with E-state index in [9.17, 15) is 13.2 Å². The van der Waals surface area contributed by atoms with E-state index in [-0.39, 0.29) is 6.04 Å². The van der Waals surface area contributed by atoms with Gasteiger partial charge in [-0.3, -0.25) is 9.10 Å². The highest BCUT2D eigenvalue weighted by molar-refractivity contribution is 7.94. The predicted molar refractivity (Wildman–Crippen MR) is 85.9 cm³/mol. The van der Waals surface area contributed by atoms with Crippen LogP contribution in [0.1, 0.15) is 26.3 Å². The third-order valence-electron chi connectivity index (χ3n) is 3.27. The molecule has 1 atom stereocenters. The molecular formula is C15H24N2O3S. The molecule has 0 spiro atoms. The first-order valence-electron chi connectivity index (χ1n) is 6.90. The molecule has 5 nitrogen and oxygen atoms in total. The van der Waals surface area contributed by atoms with Crippen molar-refractivity contribution in [2.24, 2.45) is 0 Å². The Balaban J connectivity index is 3.27. The van der Waals surface area contributed by atoms with Crippen molar-refractivity contribution in [1.29, 1.82) is 0 Å². The van der Waals surface area contributed by atoms with Crippen LogP contribution in [0.15, 0.2) is 24.3 Å². The number of carbonyl (C=O) groups is 1. The van der Waals surface area contributed by atoms with Crippen LogP contribution in [-0.2, 0) is 14.8 Å². The van der Waals surface area contributed by atoms with Crippen molar-refractivity contribution in [3.8, 4) is 0 Å². The van der Waals surface area contributed by atoms with E-state index in [0.717, 1.165) is 5.56 Å². The molecule has 0 bridgehead atoms. The summed E-state index contributed by atoms with van der Waals surface area (Å²) in [6.45, 7) is 6.96. The zero-order valence-electron chi connectivity index (χ0n) is 13.5. The van der Waals surface area contributed by atoms with E-state index >= 15 is 0 Å². The van der Waals surface area contributed by atoms with Gasteiger partial charge >= 0.3 is 0 Å². The molecule has 0 aliphatic heterocycles. The molecule has 0 heterocycles. The summed E-state index contributed by atoms with van der Waals surface area (Å²) in [6.07, 6.45) is 0. The molecule has 0 radical (unpaired) electrons. The molecule has 0 saturated heterocycles. The molecule has 0 saturated carbocycles. The maximum absolute atomic E-state index is 12.8. The Hall–Kier alpha value is -1.56. The van der Waals surface area contributed by atoms with Gasteiger partial charge in [0.25, 0.3) is 0 Å². The molecule has 6 heteroatoms. The number of anilines is 1. The lowest BCUT2D eigenvalue weighted by molar-refractivity contribution is -0.127. The van der Waals surface area contributed by atoms with Crippen molar-refractivity contribution in [3.05, 3.63) is 29.8 Å². The van der Waals surface area contributed by atoms with E-state index in [0.29, 0.717) is 5.69 Å². The third kappa shape index (κ3) is 3.75. The SMILES string of the molecule is Cc1ccc(N(C(C)C)S(=O)(=O)[C@@H](C)C(=O)N(C)C)cc1. The number of amides is 1. The average Bonchev–Trinajstić information content (AvgIpc) is 2.38. The molecule has 1 rings (SSSR count). The van der Waals surface area contributed by atoms with Gasteiger partial charge in [-0.25, -0.2) is 8.42 Å². The minimum atomic E-state index is -3.77. The lowest BCUT2D eigenvalue weighted by Crippen LogP contribution is -2.47. The Morgan fingerprint density at radius 1 is 1.05 bits per heavy atom. The molecule has 0 N–H and O–H groups in total. The summed E-state index contributed by atoms with van der Waals surface area (Å²) in [5, 5.41) is -1.11. The van der Waals surface area contributed by atoms with Gasteiger partial charge in [-0.05, 0) is 39.8 Å². The van der Waals surface area contributed by atoms with Crippen molar-refractivity contribution in [2.75, 3.05) is 18.4 Å². The van der Waals surface area contributed by atoms with Gasteiger partial charge in [0.15, 0.2) is 5.25 Å². The molecule has 1 amide bonds. The fourth-order valence-electron chi connectivity index (χ4n) is 2.09. The molecule has 1 aromatic rings. The molecule has 0 aliphatic rings. The zero-order valence-corrected chi connectivity index (χ0v) is 14.3. The Labute approximate surface area is 127 Å². The molecule has 0 fully saturated rings. The Kier molecular flexibility index (Phi) is 5.39. The Bertz CT molecular complexity index is 592. The number of hydrogen-bond acceptors (Lipinski definition) is 3. The quantitative estimate of drug-likeness (QED) is 0.836. The number of hydrogen-bond donors (Lipinski definition) is 0. The zero-order chi connectivity index (χ0) is 16.4. The van der Waals surface area contributed by atoms with Gasteiger partial charge in [-0.15, -0.1) is 0 Å². The van der Waals surface area contributed by atoms with E-state index in [1.807, 2.05) is 19.1 Å². The van der Waals surface area contributed by atoms with Gasteiger partial charge in [0, 0.05) is 20.1 Å². The van der Waals surface area contributed by atoms with Crippen LogP contribution in [0.2, 0.25) is 0 Å². The molecule has 0 aromatic heterocycles. The number of benzene rings is 1. The van der Waals surface area contributed by atoms with E-state index < -0.39 is 21.2 Å². The van der Waals surface area contributed by atoms with Crippen LogP contribution < -0.4 is 4.31 Å². The highest BCUT2D eigenvalue weighted by Gasteiger charge is 2.36. The number of carbonyl (C=O) groups excluding carboxylic acids is 1. The second-order valence-electron chi connectivity index (χ2n) is 5.64. The van der Waals surface area contributed by atoms with Crippen LogP contribution in [-0.4, -0.2) is 44.6 Å². The van der Waals surface area contributed by atoms with Crippen molar-refractivity contribution < 1.29 is 13.2 Å². The summed E-state index contributed by atoms with van der Waals surface area (Å²) < 4.78 is 26.9. The maximum Gasteiger partial charge on any atom is 0.247 e. The van der Waals surface area contributed by atoms with Crippen LogP contribution in [0.4, 0.5) is 5.69 Å². The number of rotatable bonds is 5. The highest BCUT2D eigenvalue weighted by atomic mass is 32.2. The van der Waals surface area contributed by atoms with Crippen LogP contribution in [0.5, 0.6) is 0 Å². The standard InChI is InChI=1S/C15H24N2O3S/c1-11(2)17(14-9-7-12(3)8-10-14)21(19,20)13(4)15(18)16(5)6/h7-11,13H,1-6H3/t13-/m0/s1. The van der Waals surface area contributed by atoms with E-state index in [4.69, 9.17) is 0 Å². The lowest BCUT2D eigenvalue weighted by atomic mass is 10.2. The summed E-state index contributed by atoms with van der Waals surface area (Å²) in [6, 6.07) is 6.98. The number of aryl methyl sites for hydroxylation is 1. The van der Waals surface area contributed by atoms with Gasteiger partial charge in [-0.2, -0.15) is 0 Å². The lowest BCUT2D eigenvalue weighted by Gasteiger charge is -2.31. The topological polar surface area (TPSA) is 57.7 Å². The average molecular weight is 312 g/mol. The number of sulfonamides is 1. The molecule has 118 valence electrons. The monoisotopic (exact) mass is 312 g/mol. The Morgan fingerprint density at radius 2 is 1.52 bits per heavy atom. The molecule has 0 aliphatic carbocycles. The fraction of sp³-hybridized carbons (Fsp3) is 0.533. The van der Waals surface area contributed by atoms with Crippen LogP contribution in [0.3, 0.4) is 0 Å². The van der Waals surface area contributed by atoms with Gasteiger partial charge < -0.3 is 4.90 Å². The second kappa shape index (κ2) is 6.47. The fourth-order valence-corrected chi connectivity index (χ4v) is 3.90. The van der Waals surface area contributed by atoms with Crippen LogP contribution in [0, 0.1) is 6.92 Å². The predicted octanol–water partition coefficient (Wildman–Crippen LogP) is 2.02. The second-order valence-corrected chi connectivity index (χ2v) is 7.78. The normalized spacial score (nSPS) is 13.1. The minimum absolute atomic E-state index is 0.268. The van der Waals surface area contributed by atoms with E-state index in [1.165, 1.54) is 16.1 Å². The van der Waals surface area contributed by atoms with Gasteiger partial charge in [0.2, 0.25) is 15.9 Å². The van der Waals surface area contributed by atoms with E-state index in [2.05, 4.69) is 0 Å². The third-order valence-corrected chi connectivity index (χ3v) is 5.54. The van der Waals surface area contributed by atoms with Crippen molar-refractivity contribution in [1.82, 2.24) is 4.90 Å². The molecule has 0 unspecified atom stereocenters. The van der Waals surface area contributed by atoms with Crippen LogP contribution >= 0.6 is 0 Å². The first kappa shape index (κ1) is 17.5. The highest BCUT2D eigenvalue weighted by Crippen LogP contribution is 2.24. The largest absolute Gasteiger partial charge is 0.348 e. The first-order chi connectivity index (χ1) is 9.59. The first-order valence-corrected chi connectivity index (χ1v) is 8.40.